The molecule has 13 rings (SSSR count). The van der Waals surface area contributed by atoms with Crippen LogP contribution in [0.15, 0.2) is 194 Å². The first-order chi connectivity index (χ1) is 28.8. The van der Waals surface area contributed by atoms with E-state index in [-0.39, 0.29) is 0 Å². The van der Waals surface area contributed by atoms with Gasteiger partial charge in [0.25, 0.3) is 0 Å². The second-order valence-corrected chi connectivity index (χ2v) is 17.5. The Morgan fingerprint density at radius 3 is 1.41 bits per heavy atom. The number of rotatable bonds is 3. The molecule has 2 heterocycles. The van der Waals surface area contributed by atoms with E-state index in [4.69, 9.17) is 0 Å². The van der Waals surface area contributed by atoms with Gasteiger partial charge in [-0.25, -0.2) is 0 Å². The molecule has 0 radical (unpaired) electrons. The highest BCUT2D eigenvalue weighted by atomic mass is 32.1. The summed E-state index contributed by atoms with van der Waals surface area (Å²) in [5, 5.41) is 18.2. The number of hydrogen-bond donors (Lipinski definition) is 0. The minimum absolute atomic E-state index is 1.26. The zero-order chi connectivity index (χ0) is 37.9. The first kappa shape index (κ1) is 32.3. The Kier molecular flexibility index (Phi) is 6.86. The molecule has 2 aromatic heterocycles. The lowest BCUT2D eigenvalue weighted by Crippen LogP contribution is -1.93. The van der Waals surface area contributed by atoms with Gasteiger partial charge in [-0.05, 0) is 99.9 Å². The van der Waals surface area contributed by atoms with Crippen molar-refractivity contribution in [3.05, 3.63) is 194 Å². The maximum atomic E-state index is 2.50. The van der Waals surface area contributed by atoms with Crippen LogP contribution in [0.5, 0.6) is 0 Å². The molecule has 11 aromatic carbocycles. The topological polar surface area (TPSA) is 0 Å². The molecule has 58 heavy (non-hydrogen) atoms. The molecule has 0 saturated carbocycles. The van der Waals surface area contributed by atoms with Gasteiger partial charge in [0, 0.05) is 45.9 Å². The van der Waals surface area contributed by atoms with Crippen LogP contribution in [0.3, 0.4) is 0 Å². The highest BCUT2D eigenvalue weighted by Gasteiger charge is 2.23. The fourth-order valence-electron chi connectivity index (χ4n) is 9.98. The number of thiophene rings is 2. The van der Waals surface area contributed by atoms with Gasteiger partial charge >= 0.3 is 0 Å². The van der Waals surface area contributed by atoms with E-state index in [1.807, 2.05) is 22.7 Å². The average Bonchev–Trinajstić information content (AvgIpc) is 3.87. The third-order valence-corrected chi connectivity index (χ3v) is 14.8. The summed E-state index contributed by atoms with van der Waals surface area (Å²) < 4.78 is 5.41. The van der Waals surface area contributed by atoms with Crippen LogP contribution in [0.2, 0.25) is 0 Å². The fourth-order valence-corrected chi connectivity index (χ4v) is 12.5. The Bertz CT molecular complexity index is 3800. The minimum Gasteiger partial charge on any atom is -0.134 e. The molecule has 2 heteroatoms. The van der Waals surface area contributed by atoms with Crippen molar-refractivity contribution in [2.75, 3.05) is 0 Å². The Hall–Kier alpha value is -6.84. The Labute approximate surface area is 342 Å². The smallest absolute Gasteiger partial charge is 0.0449 e. The van der Waals surface area contributed by atoms with Gasteiger partial charge in [-0.15, -0.1) is 22.7 Å². The zero-order valence-electron chi connectivity index (χ0n) is 31.3. The van der Waals surface area contributed by atoms with Crippen molar-refractivity contribution in [3.8, 4) is 33.4 Å². The molecule has 268 valence electrons. The van der Waals surface area contributed by atoms with Gasteiger partial charge in [0.15, 0.2) is 0 Å². The first-order valence-corrected chi connectivity index (χ1v) is 21.6. The number of benzene rings is 11. The minimum atomic E-state index is 1.26. The molecule has 13 aromatic rings. The summed E-state index contributed by atoms with van der Waals surface area (Å²) in [7, 11) is 0. The van der Waals surface area contributed by atoms with Crippen LogP contribution in [-0.2, 0) is 0 Å². The van der Waals surface area contributed by atoms with Crippen LogP contribution in [0.25, 0.3) is 128 Å². The molecule has 0 spiro atoms. The summed E-state index contributed by atoms with van der Waals surface area (Å²) in [4.78, 5) is 0. The monoisotopic (exact) mass is 768 g/mol. The molecule has 0 amide bonds. The predicted octanol–water partition coefficient (Wildman–Crippen LogP) is 17.2. The van der Waals surface area contributed by atoms with E-state index in [0.29, 0.717) is 0 Å². The van der Waals surface area contributed by atoms with Gasteiger partial charge in [-0.2, -0.15) is 0 Å². The normalized spacial score (nSPS) is 12.1. The molecule has 0 bridgehead atoms. The quantitative estimate of drug-likeness (QED) is 0.157. The molecule has 0 nitrogen and oxygen atoms in total. The van der Waals surface area contributed by atoms with Crippen molar-refractivity contribution in [2.24, 2.45) is 0 Å². The molecule has 0 aliphatic heterocycles. The third-order valence-electron chi connectivity index (χ3n) is 12.4. The van der Waals surface area contributed by atoms with Crippen LogP contribution < -0.4 is 0 Å². The highest BCUT2D eigenvalue weighted by molar-refractivity contribution is 7.30. The standard InChI is InChI=1S/C56H32S2/c1-3-17-35-33(14-1)16-13-26-41(35)51-42-22-7-9-24-44(42)52(45-25-10-8-23-43(45)51)46-30-29-39(37-19-5-6-20-38(37)46)47-32-48-40-21-11-12-27-49(40)57-56(48)54-53-36-18-4-2-15-34(36)28-31-50(53)58-55(47)54/h1-32H. The van der Waals surface area contributed by atoms with E-state index in [1.165, 1.54) is 128 Å². The van der Waals surface area contributed by atoms with E-state index in [0.717, 1.165) is 0 Å². The molecular formula is C56H32S2. The summed E-state index contributed by atoms with van der Waals surface area (Å²) in [5.74, 6) is 0. The van der Waals surface area contributed by atoms with Crippen LogP contribution in [-0.4, -0.2) is 0 Å². The lowest BCUT2D eigenvalue weighted by molar-refractivity contribution is 1.68. The summed E-state index contributed by atoms with van der Waals surface area (Å²) >= 11 is 3.88. The number of fused-ring (bicyclic) bond motifs is 13. The van der Waals surface area contributed by atoms with E-state index >= 15 is 0 Å². The number of hydrogen-bond acceptors (Lipinski definition) is 2. The summed E-state index contributed by atoms with van der Waals surface area (Å²) in [5.41, 5.74) is 7.70. The molecule has 0 aliphatic rings. The lowest BCUT2D eigenvalue weighted by atomic mass is 9.83. The van der Waals surface area contributed by atoms with Gasteiger partial charge < -0.3 is 0 Å². The van der Waals surface area contributed by atoms with Crippen molar-refractivity contribution in [1.82, 2.24) is 0 Å². The average molecular weight is 769 g/mol. The lowest BCUT2D eigenvalue weighted by Gasteiger charge is -2.20. The maximum Gasteiger partial charge on any atom is 0.0449 e. The SMILES string of the molecule is c1ccc2c(-c3c4ccccc4c(-c4ccc(-c5cc6c7ccccc7sc6c6c5sc5ccc7ccccc7c56)c5ccccc45)c4ccccc34)cccc2c1. The van der Waals surface area contributed by atoms with Gasteiger partial charge in [-0.3, -0.25) is 0 Å². The molecular weight excluding hydrogens is 737 g/mol. The Morgan fingerprint density at radius 2 is 0.724 bits per heavy atom. The van der Waals surface area contributed by atoms with Crippen molar-refractivity contribution < 1.29 is 0 Å². The van der Waals surface area contributed by atoms with Crippen molar-refractivity contribution in [2.45, 2.75) is 0 Å². The summed E-state index contributed by atoms with van der Waals surface area (Å²) in [6.45, 7) is 0. The summed E-state index contributed by atoms with van der Waals surface area (Å²) in [6.07, 6.45) is 0. The predicted molar refractivity (Wildman–Crippen MR) is 256 cm³/mol. The molecule has 0 N–H and O–H groups in total. The van der Waals surface area contributed by atoms with Crippen LogP contribution in [0.4, 0.5) is 0 Å². The van der Waals surface area contributed by atoms with Gasteiger partial charge in [0.1, 0.15) is 0 Å². The largest absolute Gasteiger partial charge is 0.134 e. The summed E-state index contributed by atoms with van der Waals surface area (Å²) in [6, 6.07) is 72.5. The van der Waals surface area contributed by atoms with Crippen LogP contribution >= 0.6 is 22.7 Å². The third kappa shape index (κ3) is 4.50. The molecule has 0 atom stereocenters. The first-order valence-electron chi connectivity index (χ1n) is 19.9. The van der Waals surface area contributed by atoms with Gasteiger partial charge in [0.05, 0.1) is 0 Å². The van der Waals surface area contributed by atoms with Gasteiger partial charge in [-0.1, -0.05) is 176 Å². The Morgan fingerprint density at radius 1 is 0.241 bits per heavy atom. The van der Waals surface area contributed by atoms with E-state index in [1.54, 1.807) is 0 Å². The fraction of sp³-hybridized carbons (Fsp3) is 0. The van der Waals surface area contributed by atoms with Gasteiger partial charge in [0.2, 0.25) is 0 Å². The second kappa shape index (κ2) is 12.3. The molecule has 0 aliphatic carbocycles. The van der Waals surface area contributed by atoms with Crippen molar-refractivity contribution >= 4 is 117 Å². The van der Waals surface area contributed by atoms with E-state index in [2.05, 4.69) is 194 Å². The van der Waals surface area contributed by atoms with Crippen molar-refractivity contribution in [3.63, 3.8) is 0 Å². The second-order valence-electron chi connectivity index (χ2n) is 15.4. The molecule has 0 saturated heterocycles. The van der Waals surface area contributed by atoms with Crippen molar-refractivity contribution in [1.29, 1.82) is 0 Å². The van der Waals surface area contributed by atoms with E-state index in [9.17, 15) is 0 Å². The van der Waals surface area contributed by atoms with Crippen LogP contribution in [0, 0.1) is 0 Å². The van der Waals surface area contributed by atoms with E-state index < -0.39 is 0 Å². The molecule has 0 fully saturated rings. The zero-order valence-corrected chi connectivity index (χ0v) is 32.9. The maximum absolute atomic E-state index is 2.50. The highest BCUT2D eigenvalue weighted by Crippen LogP contribution is 2.52. The Balaban J connectivity index is 1.14. The molecule has 0 unspecified atom stereocenters. The van der Waals surface area contributed by atoms with Crippen LogP contribution in [0.1, 0.15) is 0 Å².